The number of aromatic hydroxyl groups is 2. The molecule has 1 aliphatic rings. The van der Waals surface area contributed by atoms with Gasteiger partial charge in [-0.25, -0.2) is 0 Å². The van der Waals surface area contributed by atoms with E-state index in [0.717, 1.165) is 12.8 Å². The summed E-state index contributed by atoms with van der Waals surface area (Å²) in [6.07, 6.45) is 6.08. The molecule has 0 aliphatic heterocycles. The Morgan fingerprint density at radius 2 is 1.94 bits per heavy atom. The predicted molar refractivity (Wildman–Crippen MR) is 68.7 cm³/mol. The monoisotopic (exact) mass is 249 g/mol. The van der Waals surface area contributed by atoms with Crippen molar-refractivity contribution < 1.29 is 15.0 Å². The van der Waals surface area contributed by atoms with Crippen LogP contribution in [-0.4, -0.2) is 22.7 Å². The van der Waals surface area contributed by atoms with Crippen LogP contribution in [0, 0.1) is 5.92 Å². The number of carbonyl (C=O) groups is 1. The molecule has 0 heterocycles. The average molecular weight is 249 g/mol. The molecule has 0 aromatic heterocycles. The number of phenolic OH excluding ortho intramolecular Hbond substituents is 2. The van der Waals surface area contributed by atoms with Crippen LogP contribution in [0.25, 0.3) is 0 Å². The summed E-state index contributed by atoms with van der Waals surface area (Å²) in [7, 11) is 0. The molecular formula is C14H19NO3. The number of amides is 1. The van der Waals surface area contributed by atoms with Crippen molar-refractivity contribution in [3.63, 3.8) is 0 Å². The number of phenols is 2. The number of hydrogen-bond donors (Lipinski definition) is 3. The molecule has 1 aromatic carbocycles. The van der Waals surface area contributed by atoms with Gasteiger partial charge in [-0.05, 0) is 30.9 Å². The molecule has 0 atom stereocenters. The van der Waals surface area contributed by atoms with E-state index in [-0.39, 0.29) is 23.0 Å². The summed E-state index contributed by atoms with van der Waals surface area (Å²) in [5, 5.41) is 21.8. The second-order valence-electron chi connectivity index (χ2n) is 4.89. The van der Waals surface area contributed by atoms with Crippen LogP contribution in [0.3, 0.4) is 0 Å². The number of nitrogens with one attached hydrogen (secondary N) is 1. The summed E-state index contributed by atoms with van der Waals surface area (Å²) in [6, 6.07) is 4.41. The molecule has 0 radical (unpaired) electrons. The van der Waals surface area contributed by atoms with Crippen molar-refractivity contribution in [2.24, 2.45) is 5.92 Å². The van der Waals surface area contributed by atoms with E-state index in [0.29, 0.717) is 12.5 Å². The van der Waals surface area contributed by atoms with E-state index in [2.05, 4.69) is 5.32 Å². The highest BCUT2D eigenvalue weighted by Gasteiger charge is 2.17. The highest BCUT2D eigenvalue weighted by Crippen LogP contribution is 2.28. The average Bonchev–Trinajstić information content (AvgIpc) is 2.40. The lowest BCUT2D eigenvalue weighted by Crippen LogP contribution is -2.30. The summed E-state index contributed by atoms with van der Waals surface area (Å²) < 4.78 is 0. The molecule has 1 saturated carbocycles. The minimum Gasteiger partial charge on any atom is -0.504 e. The first-order valence-corrected chi connectivity index (χ1v) is 6.47. The Bertz CT molecular complexity index is 425. The van der Waals surface area contributed by atoms with Gasteiger partial charge in [0.15, 0.2) is 11.5 Å². The molecule has 4 heteroatoms. The fourth-order valence-electron chi connectivity index (χ4n) is 2.44. The Balaban J connectivity index is 1.93. The van der Waals surface area contributed by atoms with Crippen LogP contribution < -0.4 is 5.32 Å². The van der Waals surface area contributed by atoms with Crippen molar-refractivity contribution in [3.05, 3.63) is 23.8 Å². The number of rotatable bonds is 3. The summed E-state index contributed by atoms with van der Waals surface area (Å²) in [5.74, 6) is -0.393. The fraction of sp³-hybridized carbons (Fsp3) is 0.500. The van der Waals surface area contributed by atoms with Gasteiger partial charge in [-0.2, -0.15) is 0 Å². The van der Waals surface area contributed by atoms with Gasteiger partial charge in [-0.3, -0.25) is 4.79 Å². The standard InChI is InChI=1S/C14H19NO3/c16-12-8-4-7-11(13(12)17)14(18)15-9-10-5-2-1-3-6-10/h4,7-8,10,16-17H,1-3,5-6,9H2,(H,15,18). The third kappa shape index (κ3) is 2.94. The van der Waals surface area contributed by atoms with Crippen LogP contribution in [0.5, 0.6) is 11.5 Å². The van der Waals surface area contributed by atoms with E-state index in [1.807, 2.05) is 0 Å². The molecule has 1 aliphatic carbocycles. The summed E-state index contributed by atoms with van der Waals surface area (Å²) in [6.45, 7) is 0.647. The van der Waals surface area contributed by atoms with Crippen LogP contribution >= 0.6 is 0 Å². The van der Waals surface area contributed by atoms with E-state index in [4.69, 9.17) is 0 Å². The molecule has 4 nitrogen and oxygen atoms in total. The Morgan fingerprint density at radius 1 is 1.22 bits per heavy atom. The van der Waals surface area contributed by atoms with Crippen molar-refractivity contribution >= 4 is 5.91 Å². The molecule has 1 amide bonds. The first kappa shape index (κ1) is 12.7. The van der Waals surface area contributed by atoms with Crippen LogP contribution in [0.1, 0.15) is 42.5 Å². The first-order chi connectivity index (χ1) is 8.68. The molecule has 1 fully saturated rings. The molecule has 1 aromatic rings. The van der Waals surface area contributed by atoms with Gasteiger partial charge in [0.05, 0.1) is 5.56 Å². The lowest BCUT2D eigenvalue weighted by molar-refractivity contribution is 0.0940. The van der Waals surface area contributed by atoms with Crippen molar-refractivity contribution in [1.82, 2.24) is 5.32 Å². The van der Waals surface area contributed by atoms with E-state index in [9.17, 15) is 15.0 Å². The number of benzene rings is 1. The maximum Gasteiger partial charge on any atom is 0.255 e. The largest absolute Gasteiger partial charge is 0.504 e. The predicted octanol–water partition coefficient (Wildman–Crippen LogP) is 2.41. The van der Waals surface area contributed by atoms with Crippen molar-refractivity contribution in [1.29, 1.82) is 0 Å². The van der Waals surface area contributed by atoms with Crippen LogP contribution in [0.15, 0.2) is 18.2 Å². The minimum atomic E-state index is -0.348. The zero-order chi connectivity index (χ0) is 13.0. The lowest BCUT2D eigenvalue weighted by atomic mass is 9.89. The lowest BCUT2D eigenvalue weighted by Gasteiger charge is -2.21. The molecule has 0 spiro atoms. The zero-order valence-corrected chi connectivity index (χ0v) is 10.4. The highest BCUT2D eigenvalue weighted by atomic mass is 16.3. The molecule has 0 bridgehead atoms. The third-order valence-electron chi connectivity index (χ3n) is 3.54. The quantitative estimate of drug-likeness (QED) is 0.720. The van der Waals surface area contributed by atoms with Gasteiger partial charge in [0.2, 0.25) is 0 Å². The smallest absolute Gasteiger partial charge is 0.255 e. The van der Waals surface area contributed by atoms with Crippen molar-refractivity contribution in [2.75, 3.05) is 6.54 Å². The topological polar surface area (TPSA) is 69.6 Å². The van der Waals surface area contributed by atoms with Gasteiger partial charge in [0.1, 0.15) is 0 Å². The van der Waals surface area contributed by atoms with Gasteiger partial charge in [0.25, 0.3) is 5.91 Å². The SMILES string of the molecule is O=C(NCC1CCCCC1)c1cccc(O)c1O. The van der Waals surface area contributed by atoms with E-state index < -0.39 is 0 Å². The fourth-order valence-corrected chi connectivity index (χ4v) is 2.44. The minimum absolute atomic E-state index is 0.130. The Kier molecular flexibility index (Phi) is 4.07. The molecule has 18 heavy (non-hydrogen) atoms. The second-order valence-corrected chi connectivity index (χ2v) is 4.89. The Morgan fingerprint density at radius 3 is 2.67 bits per heavy atom. The Hall–Kier alpha value is -1.71. The van der Waals surface area contributed by atoms with E-state index >= 15 is 0 Å². The van der Waals surface area contributed by atoms with Crippen molar-refractivity contribution in [3.8, 4) is 11.5 Å². The maximum atomic E-state index is 11.9. The van der Waals surface area contributed by atoms with Gasteiger partial charge >= 0.3 is 0 Å². The molecule has 2 rings (SSSR count). The molecule has 0 unspecified atom stereocenters. The zero-order valence-electron chi connectivity index (χ0n) is 10.4. The summed E-state index contributed by atoms with van der Waals surface area (Å²) >= 11 is 0. The Labute approximate surface area is 107 Å². The van der Waals surface area contributed by atoms with Crippen LogP contribution in [0.2, 0.25) is 0 Å². The van der Waals surface area contributed by atoms with Gasteiger partial charge in [0, 0.05) is 6.54 Å². The van der Waals surface area contributed by atoms with Crippen molar-refractivity contribution in [2.45, 2.75) is 32.1 Å². The molecule has 0 saturated heterocycles. The van der Waals surface area contributed by atoms with E-state index in [1.54, 1.807) is 6.07 Å². The molecule has 3 N–H and O–H groups in total. The van der Waals surface area contributed by atoms with Crippen LogP contribution in [-0.2, 0) is 0 Å². The number of carbonyl (C=O) groups excluding carboxylic acids is 1. The van der Waals surface area contributed by atoms with Crippen LogP contribution in [0.4, 0.5) is 0 Å². The van der Waals surface area contributed by atoms with Gasteiger partial charge in [-0.1, -0.05) is 25.3 Å². The summed E-state index contributed by atoms with van der Waals surface area (Å²) in [5.41, 5.74) is 0.130. The van der Waals surface area contributed by atoms with Gasteiger partial charge in [-0.15, -0.1) is 0 Å². The normalized spacial score (nSPS) is 16.4. The first-order valence-electron chi connectivity index (χ1n) is 6.47. The number of hydrogen-bond acceptors (Lipinski definition) is 3. The molecule has 98 valence electrons. The second kappa shape index (κ2) is 5.76. The summed E-state index contributed by atoms with van der Waals surface area (Å²) in [4.78, 5) is 11.9. The van der Waals surface area contributed by atoms with Gasteiger partial charge < -0.3 is 15.5 Å². The third-order valence-corrected chi connectivity index (χ3v) is 3.54. The maximum absolute atomic E-state index is 11.9. The highest BCUT2D eigenvalue weighted by molar-refractivity contribution is 5.97. The molecular weight excluding hydrogens is 230 g/mol. The van der Waals surface area contributed by atoms with E-state index in [1.165, 1.54) is 31.4 Å². The number of para-hydroxylation sites is 1.